The van der Waals surface area contributed by atoms with E-state index in [1.54, 1.807) is 19.9 Å². The molecule has 2 aromatic carbocycles. The molecule has 0 aliphatic carbocycles. The van der Waals surface area contributed by atoms with Crippen molar-refractivity contribution in [1.82, 2.24) is 4.90 Å². The van der Waals surface area contributed by atoms with Gasteiger partial charge in [0.15, 0.2) is 0 Å². The average Bonchev–Trinajstić information content (AvgIpc) is 2.70. The molecular formula is C24H26F6N2O2. The first-order valence-electron chi connectivity index (χ1n) is 10.8. The van der Waals surface area contributed by atoms with Gasteiger partial charge in [-0.15, -0.1) is 0 Å². The van der Waals surface area contributed by atoms with E-state index in [0.717, 1.165) is 28.8 Å². The van der Waals surface area contributed by atoms with Crippen molar-refractivity contribution >= 4 is 11.7 Å². The minimum absolute atomic E-state index is 0.128. The van der Waals surface area contributed by atoms with Gasteiger partial charge < -0.3 is 10.0 Å². The minimum atomic E-state index is -4.92. The molecule has 0 amide bonds. The summed E-state index contributed by atoms with van der Waals surface area (Å²) in [4.78, 5) is 14.5. The Labute approximate surface area is 193 Å². The van der Waals surface area contributed by atoms with Crippen molar-refractivity contribution in [2.75, 3.05) is 24.5 Å². The first-order chi connectivity index (χ1) is 15.7. The average molecular weight is 488 g/mol. The van der Waals surface area contributed by atoms with Crippen molar-refractivity contribution in [3.8, 4) is 0 Å². The lowest BCUT2D eigenvalue weighted by atomic mass is 9.96. The molecule has 0 spiro atoms. The summed E-state index contributed by atoms with van der Waals surface area (Å²) in [5, 5.41) is 9.05. The van der Waals surface area contributed by atoms with Gasteiger partial charge in [0.2, 0.25) is 0 Å². The molecular weight excluding hydrogens is 462 g/mol. The van der Waals surface area contributed by atoms with Gasteiger partial charge in [-0.2, -0.15) is 26.3 Å². The monoisotopic (exact) mass is 488 g/mol. The van der Waals surface area contributed by atoms with Crippen LogP contribution < -0.4 is 4.90 Å². The number of carboxylic acids is 1. The van der Waals surface area contributed by atoms with Crippen LogP contribution in [0.25, 0.3) is 0 Å². The number of likely N-dealkylation sites (tertiary alicyclic amines) is 1. The molecule has 1 fully saturated rings. The molecule has 10 heteroatoms. The number of hydrogen-bond donors (Lipinski definition) is 1. The minimum Gasteiger partial charge on any atom is -0.481 e. The third kappa shape index (κ3) is 5.65. The third-order valence-electron chi connectivity index (χ3n) is 6.27. The van der Waals surface area contributed by atoms with Crippen LogP contribution in [0.3, 0.4) is 0 Å². The Hall–Kier alpha value is -2.75. The quantitative estimate of drug-likeness (QED) is 0.476. The normalized spacial score (nSPS) is 16.3. The van der Waals surface area contributed by atoms with Crippen molar-refractivity contribution in [3.05, 3.63) is 64.2 Å². The van der Waals surface area contributed by atoms with E-state index in [-0.39, 0.29) is 18.3 Å². The van der Waals surface area contributed by atoms with E-state index < -0.39 is 41.4 Å². The van der Waals surface area contributed by atoms with Crippen molar-refractivity contribution in [2.24, 2.45) is 5.92 Å². The molecule has 1 heterocycles. The van der Waals surface area contributed by atoms with E-state index in [1.807, 2.05) is 24.0 Å². The van der Waals surface area contributed by atoms with Crippen LogP contribution in [0, 0.1) is 12.8 Å². The van der Waals surface area contributed by atoms with E-state index >= 15 is 0 Å². The van der Waals surface area contributed by atoms with Crippen LogP contribution in [0.15, 0.2) is 36.4 Å². The molecule has 1 N–H and O–H groups in total. The summed E-state index contributed by atoms with van der Waals surface area (Å²) >= 11 is 0. The van der Waals surface area contributed by atoms with Gasteiger partial charge in [0.1, 0.15) is 0 Å². The lowest BCUT2D eigenvalue weighted by Crippen LogP contribution is -2.49. The van der Waals surface area contributed by atoms with Gasteiger partial charge in [-0.3, -0.25) is 9.69 Å². The molecule has 186 valence electrons. The molecule has 0 saturated carbocycles. The molecule has 4 nitrogen and oxygen atoms in total. The van der Waals surface area contributed by atoms with E-state index in [2.05, 4.69) is 0 Å². The fourth-order valence-electron chi connectivity index (χ4n) is 4.18. The number of aliphatic carboxylic acids is 1. The Morgan fingerprint density at radius 2 is 1.62 bits per heavy atom. The zero-order chi connectivity index (χ0) is 25.4. The second kappa shape index (κ2) is 9.48. The van der Waals surface area contributed by atoms with Crippen LogP contribution in [-0.4, -0.2) is 35.6 Å². The zero-order valence-electron chi connectivity index (χ0n) is 19.0. The number of aryl methyl sites for hydroxylation is 1. The van der Waals surface area contributed by atoms with Crippen molar-refractivity contribution in [3.63, 3.8) is 0 Å². The Morgan fingerprint density at radius 3 is 2.09 bits per heavy atom. The Kier molecular flexibility index (Phi) is 7.21. The predicted molar refractivity (Wildman–Crippen MR) is 115 cm³/mol. The summed E-state index contributed by atoms with van der Waals surface area (Å²) in [6.07, 6.45) is -9.83. The second-order valence-corrected chi connectivity index (χ2v) is 8.64. The highest BCUT2D eigenvalue weighted by atomic mass is 19.4. The Bertz CT molecular complexity index is 1010. The first-order valence-corrected chi connectivity index (χ1v) is 10.8. The summed E-state index contributed by atoms with van der Waals surface area (Å²) < 4.78 is 80.0. The van der Waals surface area contributed by atoms with E-state index in [9.17, 15) is 31.1 Å². The number of carboxylic acid groups (broad SMARTS) is 1. The number of nitrogens with zero attached hydrogens (tertiary/aromatic N) is 2. The molecule has 34 heavy (non-hydrogen) atoms. The summed E-state index contributed by atoms with van der Waals surface area (Å²) in [7, 11) is 0. The fraction of sp³-hybridized carbons (Fsp3) is 0.458. The molecule has 1 saturated heterocycles. The van der Waals surface area contributed by atoms with Gasteiger partial charge in [-0.1, -0.05) is 18.2 Å². The maximum atomic E-state index is 13.3. The number of hydrogen-bond acceptors (Lipinski definition) is 3. The van der Waals surface area contributed by atoms with Crippen LogP contribution in [0.1, 0.15) is 47.7 Å². The maximum absolute atomic E-state index is 13.3. The standard InChI is InChI=1S/C24H26F6N2O2/c1-4-32(21-9-19(23(25,26)27)8-20(10-21)24(28,29)30)15(3)16-6-5-14(2)17(7-16)11-31-12-18(13-31)22(33)34/h5-10,15,18H,4,11-13H2,1-3H3,(H,33,34). The highest BCUT2D eigenvalue weighted by Crippen LogP contribution is 2.40. The van der Waals surface area contributed by atoms with Gasteiger partial charge in [-0.25, -0.2) is 0 Å². The molecule has 1 unspecified atom stereocenters. The maximum Gasteiger partial charge on any atom is 0.416 e. The van der Waals surface area contributed by atoms with Crippen LogP contribution in [-0.2, 0) is 23.7 Å². The molecule has 1 aliphatic rings. The summed E-state index contributed by atoms with van der Waals surface area (Å²) in [6.45, 7) is 6.87. The van der Waals surface area contributed by atoms with Gasteiger partial charge in [0.25, 0.3) is 0 Å². The van der Waals surface area contributed by atoms with Crippen LogP contribution in [0.4, 0.5) is 32.0 Å². The van der Waals surface area contributed by atoms with Gasteiger partial charge in [0, 0.05) is 31.9 Å². The predicted octanol–water partition coefficient (Wildman–Crippen LogP) is 6.14. The molecule has 0 radical (unpaired) electrons. The zero-order valence-corrected chi connectivity index (χ0v) is 19.0. The van der Waals surface area contributed by atoms with Crippen LogP contribution in [0.5, 0.6) is 0 Å². The smallest absolute Gasteiger partial charge is 0.416 e. The van der Waals surface area contributed by atoms with Gasteiger partial charge >= 0.3 is 18.3 Å². The molecule has 0 aromatic heterocycles. The topological polar surface area (TPSA) is 43.8 Å². The number of anilines is 1. The molecule has 0 bridgehead atoms. The summed E-state index contributed by atoms with van der Waals surface area (Å²) in [5.41, 5.74) is -0.216. The van der Waals surface area contributed by atoms with Crippen LogP contribution >= 0.6 is 0 Å². The lowest BCUT2D eigenvalue weighted by molar-refractivity contribution is -0.148. The van der Waals surface area contributed by atoms with E-state index in [1.165, 1.54) is 4.90 Å². The lowest BCUT2D eigenvalue weighted by Gasteiger charge is -2.37. The number of benzene rings is 2. The second-order valence-electron chi connectivity index (χ2n) is 8.64. The summed E-state index contributed by atoms with van der Waals surface area (Å²) in [5.74, 6) is -1.24. The van der Waals surface area contributed by atoms with Crippen molar-refractivity contribution < 1.29 is 36.2 Å². The van der Waals surface area contributed by atoms with Gasteiger partial charge in [-0.05, 0) is 55.7 Å². The van der Waals surface area contributed by atoms with Crippen LogP contribution in [0.2, 0.25) is 0 Å². The molecule has 3 rings (SSSR count). The highest BCUT2D eigenvalue weighted by molar-refractivity contribution is 5.71. The fourth-order valence-corrected chi connectivity index (χ4v) is 4.18. The van der Waals surface area contributed by atoms with Crippen molar-refractivity contribution in [1.29, 1.82) is 0 Å². The number of carbonyl (C=O) groups is 1. The third-order valence-corrected chi connectivity index (χ3v) is 6.27. The largest absolute Gasteiger partial charge is 0.481 e. The Balaban J connectivity index is 1.91. The number of alkyl halides is 6. The number of rotatable bonds is 7. The first kappa shape index (κ1) is 25.9. The number of halogens is 6. The molecule has 2 aromatic rings. The summed E-state index contributed by atoms with van der Waals surface area (Å²) in [6, 6.07) is 6.67. The molecule has 1 aliphatic heterocycles. The molecule has 1 atom stereocenters. The van der Waals surface area contributed by atoms with E-state index in [4.69, 9.17) is 5.11 Å². The van der Waals surface area contributed by atoms with E-state index in [0.29, 0.717) is 19.6 Å². The SMILES string of the molecule is CCN(c1cc(C(F)(F)F)cc(C(F)(F)F)c1)C(C)c1ccc(C)c(CN2CC(C(=O)O)C2)c1. The Morgan fingerprint density at radius 1 is 1.06 bits per heavy atom. The van der Waals surface area contributed by atoms with Gasteiger partial charge in [0.05, 0.1) is 23.1 Å². The van der Waals surface area contributed by atoms with Crippen molar-refractivity contribution in [2.45, 2.75) is 45.7 Å². The highest BCUT2D eigenvalue weighted by Gasteiger charge is 2.38.